The summed E-state index contributed by atoms with van der Waals surface area (Å²) < 4.78 is 1.90. The molecule has 15 heavy (non-hydrogen) atoms. The average Bonchev–Trinajstić information content (AvgIpc) is 2.68. The molecule has 1 heterocycles. The standard InChI is InChI=1S/C13H15N2/c1-3-6-12-9-10-15(14-12)13-8-5-4-7-11(13)2/h4-5,7-10H,2-3,6H2,1H3. The van der Waals surface area contributed by atoms with Crippen molar-refractivity contribution in [3.63, 3.8) is 0 Å². The summed E-state index contributed by atoms with van der Waals surface area (Å²) in [7, 11) is 0. The predicted molar refractivity (Wildman–Crippen MR) is 62.0 cm³/mol. The van der Waals surface area contributed by atoms with Crippen molar-refractivity contribution in [2.75, 3.05) is 0 Å². The minimum atomic E-state index is 1.00. The van der Waals surface area contributed by atoms with Gasteiger partial charge in [0, 0.05) is 6.20 Å². The highest BCUT2D eigenvalue weighted by Gasteiger charge is 2.02. The number of nitrogens with zero attached hydrogens (tertiary/aromatic N) is 2. The SMILES string of the molecule is [CH2]c1ccccc1-n1ccc(CCC)n1. The molecule has 2 heteroatoms. The first-order chi connectivity index (χ1) is 7.31. The Labute approximate surface area is 90.6 Å². The van der Waals surface area contributed by atoms with E-state index in [2.05, 4.69) is 25.0 Å². The summed E-state index contributed by atoms with van der Waals surface area (Å²) in [5.41, 5.74) is 3.20. The number of aromatic nitrogens is 2. The fourth-order valence-electron chi connectivity index (χ4n) is 1.62. The van der Waals surface area contributed by atoms with Crippen molar-refractivity contribution < 1.29 is 0 Å². The summed E-state index contributed by atoms with van der Waals surface area (Å²) in [6.07, 6.45) is 4.16. The van der Waals surface area contributed by atoms with E-state index in [1.807, 2.05) is 35.1 Å². The largest absolute Gasteiger partial charge is 0.240 e. The number of para-hydroxylation sites is 1. The molecule has 0 bridgehead atoms. The molecular weight excluding hydrogens is 184 g/mol. The van der Waals surface area contributed by atoms with Crippen LogP contribution < -0.4 is 0 Å². The van der Waals surface area contributed by atoms with Gasteiger partial charge in [0.2, 0.25) is 0 Å². The monoisotopic (exact) mass is 199 g/mol. The topological polar surface area (TPSA) is 17.8 Å². The lowest BCUT2D eigenvalue weighted by Crippen LogP contribution is -1.98. The average molecular weight is 199 g/mol. The van der Waals surface area contributed by atoms with Gasteiger partial charge in [-0.25, -0.2) is 4.68 Å². The second-order valence-electron chi connectivity index (χ2n) is 3.63. The van der Waals surface area contributed by atoms with E-state index in [1.54, 1.807) is 0 Å². The molecule has 77 valence electrons. The summed E-state index contributed by atoms with van der Waals surface area (Å²) >= 11 is 0. The molecule has 0 fully saturated rings. The Kier molecular flexibility index (Phi) is 2.86. The molecule has 2 aromatic rings. The predicted octanol–water partition coefficient (Wildman–Crippen LogP) is 3.01. The third kappa shape index (κ3) is 2.09. The number of aryl methyl sites for hydroxylation is 1. The maximum Gasteiger partial charge on any atom is 0.0677 e. The molecule has 1 aromatic carbocycles. The Morgan fingerprint density at radius 1 is 1.27 bits per heavy atom. The number of hydrogen-bond acceptors (Lipinski definition) is 1. The van der Waals surface area contributed by atoms with E-state index < -0.39 is 0 Å². The van der Waals surface area contributed by atoms with Crippen LogP contribution in [0.4, 0.5) is 0 Å². The van der Waals surface area contributed by atoms with E-state index in [9.17, 15) is 0 Å². The Balaban J connectivity index is 2.33. The van der Waals surface area contributed by atoms with Crippen LogP contribution in [-0.4, -0.2) is 9.78 Å². The van der Waals surface area contributed by atoms with Crippen molar-refractivity contribution in [3.05, 3.63) is 54.7 Å². The van der Waals surface area contributed by atoms with Gasteiger partial charge in [0.15, 0.2) is 0 Å². The van der Waals surface area contributed by atoms with Crippen LogP contribution in [-0.2, 0) is 6.42 Å². The normalized spacial score (nSPS) is 10.5. The molecule has 0 N–H and O–H groups in total. The third-order valence-corrected chi connectivity index (χ3v) is 2.39. The van der Waals surface area contributed by atoms with Crippen LogP contribution in [0.3, 0.4) is 0 Å². The zero-order valence-corrected chi connectivity index (χ0v) is 8.98. The maximum absolute atomic E-state index is 4.51. The van der Waals surface area contributed by atoms with E-state index in [-0.39, 0.29) is 0 Å². The molecule has 2 rings (SSSR count). The van der Waals surface area contributed by atoms with Crippen LogP contribution in [0.2, 0.25) is 0 Å². The van der Waals surface area contributed by atoms with Crippen molar-refractivity contribution in [2.45, 2.75) is 19.8 Å². The van der Waals surface area contributed by atoms with E-state index in [4.69, 9.17) is 0 Å². The summed E-state index contributed by atoms with van der Waals surface area (Å²) in [4.78, 5) is 0. The molecule has 0 unspecified atom stereocenters. The second-order valence-corrected chi connectivity index (χ2v) is 3.63. The summed E-state index contributed by atoms with van der Waals surface area (Å²) in [5, 5.41) is 4.51. The lowest BCUT2D eigenvalue weighted by molar-refractivity contribution is 0.805. The molecule has 0 spiro atoms. The molecule has 0 aliphatic rings. The first kappa shape index (κ1) is 9.97. The van der Waals surface area contributed by atoms with Gasteiger partial charge in [0.05, 0.1) is 11.4 Å². The Bertz CT molecular complexity index is 443. The smallest absolute Gasteiger partial charge is 0.0677 e. The molecule has 0 saturated heterocycles. The molecule has 1 aromatic heterocycles. The van der Waals surface area contributed by atoms with Crippen molar-refractivity contribution in [1.29, 1.82) is 0 Å². The van der Waals surface area contributed by atoms with Crippen LogP contribution >= 0.6 is 0 Å². The second kappa shape index (κ2) is 4.30. The minimum Gasteiger partial charge on any atom is -0.240 e. The first-order valence-corrected chi connectivity index (χ1v) is 5.27. The molecule has 0 atom stereocenters. The number of hydrogen-bond donors (Lipinski definition) is 0. The number of benzene rings is 1. The zero-order valence-electron chi connectivity index (χ0n) is 8.98. The fraction of sp³-hybridized carbons (Fsp3) is 0.231. The lowest BCUT2D eigenvalue weighted by Gasteiger charge is -2.04. The van der Waals surface area contributed by atoms with Crippen molar-refractivity contribution in [1.82, 2.24) is 9.78 Å². The van der Waals surface area contributed by atoms with Crippen LogP contribution in [0.15, 0.2) is 36.5 Å². The van der Waals surface area contributed by atoms with Crippen LogP contribution in [0.25, 0.3) is 5.69 Å². The van der Waals surface area contributed by atoms with E-state index in [0.29, 0.717) is 0 Å². The highest BCUT2D eigenvalue weighted by atomic mass is 15.3. The van der Waals surface area contributed by atoms with E-state index >= 15 is 0 Å². The first-order valence-electron chi connectivity index (χ1n) is 5.27. The van der Waals surface area contributed by atoms with Gasteiger partial charge in [-0.05, 0) is 31.0 Å². The Morgan fingerprint density at radius 2 is 2.07 bits per heavy atom. The van der Waals surface area contributed by atoms with Gasteiger partial charge in [-0.2, -0.15) is 5.10 Å². The minimum absolute atomic E-state index is 1.00. The van der Waals surface area contributed by atoms with Crippen molar-refractivity contribution in [3.8, 4) is 5.69 Å². The molecule has 2 nitrogen and oxygen atoms in total. The van der Waals surface area contributed by atoms with Crippen LogP contribution in [0.5, 0.6) is 0 Å². The van der Waals surface area contributed by atoms with Gasteiger partial charge in [0.25, 0.3) is 0 Å². The van der Waals surface area contributed by atoms with Gasteiger partial charge in [-0.1, -0.05) is 31.5 Å². The van der Waals surface area contributed by atoms with E-state index in [0.717, 1.165) is 29.8 Å². The molecule has 0 amide bonds. The number of rotatable bonds is 3. The Morgan fingerprint density at radius 3 is 2.80 bits per heavy atom. The van der Waals surface area contributed by atoms with Crippen molar-refractivity contribution >= 4 is 0 Å². The lowest BCUT2D eigenvalue weighted by atomic mass is 10.2. The molecule has 0 saturated carbocycles. The third-order valence-electron chi connectivity index (χ3n) is 2.39. The van der Waals surface area contributed by atoms with Gasteiger partial charge in [-0.15, -0.1) is 0 Å². The van der Waals surface area contributed by atoms with Gasteiger partial charge >= 0.3 is 0 Å². The maximum atomic E-state index is 4.51. The summed E-state index contributed by atoms with van der Waals surface area (Å²) in [6, 6.07) is 10.1. The molecule has 1 radical (unpaired) electrons. The zero-order chi connectivity index (χ0) is 10.7. The van der Waals surface area contributed by atoms with E-state index in [1.165, 1.54) is 0 Å². The highest BCUT2D eigenvalue weighted by Crippen LogP contribution is 2.13. The van der Waals surface area contributed by atoms with Crippen molar-refractivity contribution in [2.24, 2.45) is 0 Å². The highest BCUT2D eigenvalue weighted by molar-refractivity contribution is 5.42. The molecule has 0 aliphatic heterocycles. The van der Waals surface area contributed by atoms with Gasteiger partial charge in [-0.3, -0.25) is 0 Å². The molecule has 0 aliphatic carbocycles. The van der Waals surface area contributed by atoms with Crippen LogP contribution in [0, 0.1) is 6.92 Å². The fourth-order valence-corrected chi connectivity index (χ4v) is 1.62. The van der Waals surface area contributed by atoms with Crippen LogP contribution in [0.1, 0.15) is 24.6 Å². The summed E-state index contributed by atoms with van der Waals surface area (Å²) in [6.45, 7) is 6.15. The van der Waals surface area contributed by atoms with Gasteiger partial charge < -0.3 is 0 Å². The molecular formula is C13H15N2. The summed E-state index contributed by atoms with van der Waals surface area (Å²) in [5.74, 6) is 0. The quantitative estimate of drug-likeness (QED) is 0.743. The van der Waals surface area contributed by atoms with Gasteiger partial charge in [0.1, 0.15) is 0 Å². The Hall–Kier alpha value is -1.57.